The highest BCUT2D eigenvalue weighted by molar-refractivity contribution is 5.72. The molecule has 0 saturated carbocycles. The summed E-state index contributed by atoms with van der Waals surface area (Å²) >= 11 is 0. The first-order chi connectivity index (χ1) is 8.65. The molecule has 2 aromatic rings. The van der Waals surface area contributed by atoms with Gasteiger partial charge in [-0.1, -0.05) is 12.1 Å². The lowest BCUT2D eigenvalue weighted by atomic mass is 9.94. The summed E-state index contributed by atoms with van der Waals surface area (Å²) in [6, 6.07) is 15.6. The molecule has 0 N–H and O–H groups in total. The van der Waals surface area contributed by atoms with Crippen molar-refractivity contribution in [3.8, 4) is 23.3 Å². The third kappa shape index (κ3) is 2.10. The topological polar surface area (TPSA) is 47.6 Å². The number of rotatable bonds is 1. The monoisotopic (exact) mass is 232 g/mol. The van der Waals surface area contributed by atoms with Crippen LogP contribution >= 0.6 is 0 Å². The lowest BCUT2D eigenvalue weighted by Gasteiger charge is -2.09. The van der Waals surface area contributed by atoms with Crippen molar-refractivity contribution in [2.24, 2.45) is 0 Å². The van der Waals surface area contributed by atoms with Crippen LogP contribution in [0.2, 0.25) is 0 Å². The van der Waals surface area contributed by atoms with Crippen molar-refractivity contribution in [3.63, 3.8) is 0 Å². The molecule has 0 fully saturated rings. The van der Waals surface area contributed by atoms with E-state index >= 15 is 0 Å². The lowest BCUT2D eigenvalue weighted by Crippen LogP contribution is -1.89. The van der Waals surface area contributed by atoms with Crippen molar-refractivity contribution < 1.29 is 0 Å². The van der Waals surface area contributed by atoms with Crippen molar-refractivity contribution in [3.05, 3.63) is 58.7 Å². The molecule has 0 spiro atoms. The summed E-state index contributed by atoms with van der Waals surface area (Å²) in [7, 11) is 0. The molecule has 2 aromatic carbocycles. The van der Waals surface area contributed by atoms with Gasteiger partial charge < -0.3 is 0 Å². The predicted molar refractivity (Wildman–Crippen MR) is 70.8 cm³/mol. The van der Waals surface area contributed by atoms with E-state index in [1.54, 1.807) is 0 Å². The van der Waals surface area contributed by atoms with Gasteiger partial charge in [0, 0.05) is 0 Å². The van der Waals surface area contributed by atoms with Gasteiger partial charge in [0.25, 0.3) is 0 Å². The predicted octanol–water partition coefficient (Wildman–Crippen LogP) is 3.71. The van der Waals surface area contributed by atoms with Crippen LogP contribution in [0, 0.1) is 36.5 Å². The first-order valence-corrected chi connectivity index (χ1v) is 5.67. The maximum atomic E-state index is 8.86. The average Bonchev–Trinajstić information content (AvgIpc) is 2.39. The Hall–Kier alpha value is -2.58. The molecule has 86 valence electrons. The molecule has 0 heterocycles. The standard InChI is InChI=1S/C16H12N2/c1-11-7-13(9-17)3-5-15(11)16-6-4-14(10-18)8-12(16)2/h3-8H,1-2H3. The Kier molecular flexibility index (Phi) is 3.13. The molecule has 0 unspecified atom stereocenters. The van der Waals surface area contributed by atoms with Gasteiger partial charge >= 0.3 is 0 Å². The summed E-state index contributed by atoms with van der Waals surface area (Å²) < 4.78 is 0. The number of benzene rings is 2. The van der Waals surface area contributed by atoms with Gasteiger partial charge in [-0.25, -0.2) is 0 Å². The zero-order valence-corrected chi connectivity index (χ0v) is 10.4. The van der Waals surface area contributed by atoms with E-state index in [2.05, 4.69) is 12.1 Å². The highest BCUT2D eigenvalue weighted by Crippen LogP contribution is 2.27. The minimum atomic E-state index is 0.669. The highest BCUT2D eigenvalue weighted by atomic mass is 14.2. The van der Waals surface area contributed by atoms with Gasteiger partial charge in [-0.3, -0.25) is 0 Å². The highest BCUT2D eigenvalue weighted by Gasteiger charge is 2.06. The lowest BCUT2D eigenvalue weighted by molar-refractivity contribution is 1.37. The maximum absolute atomic E-state index is 8.86. The van der Waals surface area contributed by atoms with E-state index in [9.17, 15) is 0 Å². The van der Waals surface area contributed by atoms with Crippen molar-refractivity contribution in [2.75, 3.05) is 0 Å². The maximum Gasteiger partial charge on any atom is 0.0991 e. The molecule has 0 aliphatic heterocycles. The normalized spacial score (nSPS) is 9.56. The Morgan fingerprint density at radius 3 is 1.39 bits per heavy atom. The van der Waals surface area contributed by atoms with E-state index in [1.807, 2.05) is 50.2 Å². The summed E-state index contributed by atoms with van der Waals surface area (Å²) in [5, 5.41) is 17.7. The minimum Gasteiger partial charge on any atom is -0.192 e. The van der Waals surface area contributed by atoms with Crippen LogP contribution in [0.5, 0.6) is 0 Å². The van der Waals surface area contributed by atoms with E-state index in [1.165, 1.54) is 0 Å². The summed E-state index contributed by atoms with van der Waals surface area (Å²) in [6.45, 7) is 3.99. The second kappa shape index (κ2) is 4.73. The Bertz CT molecular complexity index is 624. The van der Waals surface area contributed by atoms with Crippen LogP contribution in [0.4, 0.5) is 0 Å². The molecule has 18 heavy (non-hydrogen) atoms. The van der Waals surface area contributed by atoms with E-state index in [0.29, 0.717) is 11.1 Å². The summed E-state index contributed by atoms with van der Waals surface area (Å²) in [5.41, 5.74) is 5.70. The summed E-state index contributed by atoms with van der Waals surface area (Å²) in [5.74, 6) is 0. The average molecular weight is 232 g/mol. The number of nitrogens with zero attached hydrogens (tertiary/aromatic N) is 2. The van der Waals surface area contributed by atoms with E-state index in [-0.39, 0.29) is 0 Å². The molecule has 0 aliphatic rings. The van der Waals surface area contributed by atoms with Gasteiger partial charge in [-0.15, -0.1) is 0 Å². The van der Waals surface area contributed by atoms with Crippen LogP contribution in [0.3, 0.4) is 0 Å². The molecule has 0 bridgehead atoms. The Labute approximate surface area is 107 Å². The van der Waals surface area contributed by atoms with Crippen molar-refractivity contribution in [1.82, 2.24) is 0 Å². The van der Waals surface area contributed by atoms with Crippen LogP contribution in [0.15, 0.2) is 36.4 Å². The number of nitriles is 2. The summed E-state index contributed by atoms with van der Waals surface area (Å²) in [4.78, 5) is 0. The van der Waals surface area contributed by atoms with Crippen molar-refractivity contribution >= 4 is 0 Å². The van der Waals surface area contributed by atoms with Crippen molar-refractivity contribution in [1.29, 1.82) is 10.5 Å². The fourth-order valence-corrected chi connectivity index (χ4v) is 2.07. The smallest absolute Gasteiger partial charge is 0.0991 e. The van der Waals surface area contributed by atoms with Crippen LogP contribution in [-0.2, 0) is 0 Å². The van der Waals surface area contributed by atoms with E-state index < -0.39 is 0 Å². The second-order valence-electron chi connectivity index (χ2n) is 4.28. The molecule has 0 amide bonds. The number of hydrogen-bond donors (Lipinski definition) is 0. The van der Waals surface area contributed by atoms with Gasteiger partial charge in [-0.2, -0.15) is 10.5 Å². The third-order valence-corrected chi connectivity index (χ3v) is 3.00. The number of aryl methyl sites for hydroxylation is 2. The molecule has 0 aliphatic carbocycles. The minimum absolute atomic E-state index is 0.669. The molecular formula is C16H12N2. The first-order valence-electron chi connectivity index (χ1n) is 5.67. The molecule has 0 aromatic heterocycles. The second-order valence-corrected chi connectivity index (χ2v) is 4.28. The fraction of sp³-hybridized carbons (Fsp3) is 0.125. The molecular weight excluding hydrogens is 220 g/mol. The van der Waals surface area contributed by atoms with E-state index in [4.69, 9.17) is 10.5 Å². The molecule has 0 saturated heterocycles. The fourth-order valence-electron chi connectivity index (χ4n) is 2.07. The Morgan fingerprint density at radius 2 is 1.11 bits per heavy atom. The zero-order chi connectivity index (χ0) is 13.1. The van der Waals surface area contributed by atoms with Gasteiger partial charge in [0.15, 0.2) is 0 Å². The molecule has 2 nitrogen and oxygen atoms in total. The largest absolute Gasteiger partial charge is 0.192 e. The summed E-state index contributed by atoms with van der Waals surface area (Å²) in [6.07, 6.45) is 0. The van der Waals surface area contributed by atoms with Gasteiger partial charge in [0.2, 0.25) is 0 Å². The molecule has 0 atom stereocenters. The Balaban J connectivity index is 2.57. The molecule has 2 rings (SSSR count). The van der Waals surface area contributed by atoms with E-state index in [0.717, 1.165) is 22.3 Å². The van der Waals surface area contributed by atoms with Gasteiger partial charge in [0.1, 0.15) is 0 Å². The SMILES string of the molecule is Cc1cc(C#N)ccc1-c1ccc(C#N)cc1C. The first kappa shape index (κ1) is 11.9. The van der Waals surface area contributed by atoms with Crippen LogP contribution in [0.25, 0.3) is 11.1 Å². The Morgan fingerprint density at radius 1 is 0.722 bits per heavy atom. The van der Waals surface area contributed by atoms with Crippen LogP contribution in [-0.4, -0.2) is 0 Å². The van der Waals surface area contributed by atoms with Crippen LogP contribution in [0.1, 0.15) is 22.3 Å². The van der Waals surface area contributed by atoms with Crippen LogP contribution < -0.4 is 0 Å². The third-order valence-electron chi connectivity index (χ3n) is 3.00. The number of hydrogen-bond acceptors (Lipinski definition) is 2. The quantitative estimate of drug-likeness (QED) is 0.752. The van der Waals surface area contributed by atoms with Gasteiger partial charge in [0.05, 0.1) is 23.3 Å². The van der Waals surface area contributed by atoms with Crippen molar-refractivity contribution in [2.45, 2.75) is 13.8 Å². The molecule has 2 heteroatoms. The molecule has 0 radical (unpaired) electrons. The zero-order valence-electron chi connectivity index (χ0n) is 10.4. The van der Waals surface area contributed by atoms with Gasteiger partial charge in [-0.05, 0) is 60.4 Å².